The molecule has 0 spiro atoms. The zero-order valence-corrected chi connectivity index (χ0v) is 11.7. The van der Waals surface area contributed by atoms with Crippen LogP contribution in [0, 0.1) is 0 Å². The van der Waals surface area contributed by atoms with Crippen LogP contribution in [0.3, 0.4) is 0 Å². The number of hydrogen-bond acceptors (Lipinski definition) is 6. The number of aromatic nitrogens is 2. The lowest BCUT2D eigenvalue weighted by atomic mass is 9.92. The van der Waals surface area contributed by atoms with Crippen LogP contribution in [-0.2, 0) is 4.79 Å². The van der Waals surface area contributed by atoms with Gasteiger partial charge in [0.2, 0.25) is 11.9 Å². The molecule has 110 valence electrons. The monoisotopic (exact) mass is 279 g/mol. The molecule has 0 saturated carbocycles. The first-order valence-corrected chi connectivity index (χ1v) is 6.72. The summed E-state index contributed by atoms with van der Waals surface area (Å²) in [4.78, 5) is 23.4. The third-order valence-corrected chi connectivity index (χ3v) is 3.52. The molecule has 1 saturated heterocycles. The number of piperidine rings is 1. The first kappa shape index (κ1) is 14.7. The predicted molar refractivity (Wildman–Crippen MR) is 75.1 cm³/mol. The average molecular weight is 279 g/mol. The highest BCUT2D eigenvalue weighted by atomic mass is 16.3. The van der Waals surface area contributed by atoms with Crippen molar-refractivity contribution in [2.45, 2.75) is 18.4 Å². The highest BCUT2D eigenvalue weighted by molar-refractivity contribution is 5.77. The molecule has 2 heterocycles. The van der Waals surface area contributed by atoms with E-state index < -0.39 is 5.60 Å². The predicted octanol–water partition coefficient (Wildman–Crippen LogP) is -0.775. The molecule has 7 nitrogen and oxygen atoms in total. The Hall–Kier alpha value is -1.73. The van der Waals surface area contributed by atoms with E-state index in [1.54, 1.807) is 25.5 Å². The summed E-state index contributed by atoms with van der Waals surface area (Å²) in [6.07, 6.45) is 4.85. The van der Waals surface area contributed by atoms with Crippen LogP contribution >= 0.6 is 0 Å². The molecule has 0 unspecified atom stereocenters. The Morgan fingerprint density at radius 3 is 2.90 bits per heavy atom. The van der Waals surface area contributed by atoms with Gasteiger partial charge in [-0.25, -0.2) is 9.97 Å². The number of carbonyl (C=O) groups is 1. The molecule has 20 heavy (non-hydrogen) atoms. The minimum atomic E-state index is -0.947. The van der Waals surface area contributed by atoms with Gasteiger partial charge in [-0.05, 0) is 18.9 Å². The summed E-state index contributed by atoms with van der Waals surface area (Å²) in [7, 11) is 1.66. The van der Waals surface area contributed by atoms with Crippen molar-refractivity contribution in [1.82, 2.24) is 14.9 Å². The maximum atomic E-state index is 11.5. The summed E-state index contributed by atoms with van der Waals surface area (Å²) in [5, 5.41) is 10.7. The standard InChI is InChI=1S/C13H21N5O2/c1-17(11(19)8-14)9-13(20)4-2-7-18(10-13)12-15-5-3-6-16-12/h3,5-6,20H,2,4,7-10,14H2,1H3/t13-/m0/s1. The lowest BCUT2D eigenvalue weighted by Crippen LogP contribution is -2.55. The van der Waals surface area contributed by atoms with Crippen LogP contribution in [0.4, 0.5) is 5.95 Å². The van der Waals surface area contributed by atoms with Crippen molar-refractivity contribution in [3.8, 4) is 0 Å². The van der Waals surface area contributed by atoms with E-state index in [0.29, 0.717) is 18.9 Å². The van der Waals surface area contributed by atoms with E-state index in [1.807, 2.05) is 4.90 Å². The van der Waals surface area contributed by atoms with Gasteiger partial charge in [-0.1, -0.05) is 0 Å². The third-order valence-electron chi connectivity index (χ3n) is 3.52. The summed E-state index contributed by atoms with van der Waals surface area (Å²) in [6.45, 7) is 1.45. The molecule has 2 rings (SSSR count). The van der Waals surface area contributed by atoms with E-state index in [0.717, 1.165) is 13.0 Å². The van der Waals surface area contributed by atoms with Gasteiger partial charge in [0.15, 0.2) is 0 Å². The second kappa shape index (κ2) is 6.15. The maximum Gasteiger partial charge on any atom is 0.236 e. The summed E-state index contributed by atoms with van der Waals surface area (Å²) in [5.41, 5.74) is 4.39. The van der Waals surface area contributed by atoms with E-state index in [4.69, 9.17) is 5.73 Å². The molecular formula is C13H21N5O2. The van der Waals surface area contributed by atoms with Gasteiger partial charge in [0, 0.05) is 26.0 Å². The Morgan fingerprint density at radius 1 is 1.55 bits per heavy atom. The summed E-state index contributed by atoms with van der Waals surface area (Å²) >= 11 is 0. The maximum absolute atomic E-state index is 11.5. The molecule has 1 fully saturated rings. The summed E-state index contributed by atoms with van der Waals surface area (Å²) < 4.78 is 0. The molecule has 1 aliphatic rings. The highest BCUT2D eigenvalue weighted by Crippen LogP contribution is 2.24. The Morgan fingerprint density at radius 2 is 2.25 bits per heavy atom. The number of amides is 1. The molecule has 0 aromatic carbocycles. The van der Waals surface area contributed by atoms with Crippen LogP contribution in [0.15, 0.2) is 18.5 Å². The molecular weight excluding hydrogens is 258 g/mol. The van der Waals surface area contributed by atoms with Crippen LogP contribution < -0.4 is 10.6 Å². The van der Waals surface area contributed by atoms with Crippen LogP contribution in [0.2, 0.25) is 0 Å². The quantitative estimate of drug-likeness (QED) is 0.751. The number of nitrogens with zero attached hydrogens (tertiary/aromatic N) is 4. The van der Waals surface area contributed by atoms with Gasteiger partial charge in [-0.2, -0.15) is 0 Å². The molecule has 3 N–H and O–H groups in total. The van der Waals surface area contributed by atoms with Crippen LogP contribution in [0.1, 0.15) is 12.8 Å². The molecule has 0 aliphatic carbocycles. The number of likely N-dealkylation sites (N-methyl/N-ethyl adjacent to an activating group) is 1. The molecule has 0 bridgehead atoms. The van der Waals surface area contributed by atoms with Crippen molar-refractivity contribution in [2.24, 2.45) is 5.73 Å². The van der Waals surface area contributed by atoms with E-state index >= 15 is 0 Å². The Balaban J connectivity index is 2.03. The van der Waals surface area contributed by atoms with Crippen molar-refractivity contribution in [2.75, 3.05) is 38.1 Å². The number of β-amino-alcohol motifs (C(OH)–C–C–N with tert-alkyl or cyclic N) is 1. The highest BCUT2D eigenvalue weighted by Gasteiger charge is 2.36. The summed E-state index contributed by atoms with van der Waals surface area (Å²) in [5.74, 6) is 0.435. The molecule has 1 amide bonds. The largest absolute Gasteiger partial charge is 0.386 e. The SMILES string of the molecule is CN(C[C@@]1(O)CCCN(c2ncccn2)C1)C(=O)CN. The minimum Gasteiger partial charge on any atom is -0.386 e. The normalized spacial score (nSPS) is 22.6. The molecule has 7 heteroatoms. The first-order chi connectivity index (χ1) is 9.54. The molecule has 1 aliphatic heterocycles. The number of anilines is 1. The van der Waals surface area contributed by atoms with E-state index in [9.17, 15) is 9.90 Å². The minimum absolute atomic E-state index is 0.0436. The van der Waals surface area contributed by atoms with Gasteiger partial charge in [-0.15, -0.1) is 0 Å². The number of hydrogen-bond donors (Lipinski definition) is 2. The smallest absolute Gasteiger partial charge is 0.236 e. The van der Waals surface area contributed by atoms with Crippen molar-refractivity contribution in [3.05, 3.63) is 18.5 Å². The van der Waals surface area contributed by atoms with E-state index in [-0.39, 0.29) is 19.0 Å². The van der Waals surface area contributed by atoms with Gasteiger partial charge in [0.25, 0.3) is 0 Å². The third kappa shape index (κ3) is 3.43. The number of nitrogens with two attached hydrogens (primary N) is 1. The van der Waals surface area contributed by atoms with Crippen molar-refractivity contribution >= 4 is 11.9 Å². The van der Waals surface area contributed by atoms with Crippen LogP contribution in [0.25, 0.3) is 0 Å². The Kier molecular flexibility index (Phi) is 4.51. The number of rotatable bonds is 4. The average Bonchev–Trinajstić information content (AvgIpc) is 2.46. The second-order valence-electron chi connectivity index (χ2n) is 5.25. The molecule has 1 atom stereocenters. The lowest BCUT2D eigenvalue weighted by Gasteiger charge is -2.41. The molecule has 1 aromatic heterocycles. The first-order valence-electron chi connectivity index (χ1n) is 6.72. The topological polar surface area (TPSA) is 95.6 Å². The molecule has 1 aromatic rings. The number of carbonyl (C=O) groups excluding carboxylic acids is 1. The van der Waals surface area contributed by atoms with E-state index in [2.05, 4.69) is 9.97 Å². The van der Waals surface area contributed by atoms with E-state index in [1.165, 1.54) is 4.90 Å². The van der Waals surface area contributed by atoms with Gasteiger partial charge in [0.05, 0.1) is 25.2 Å². The zero-order chi connectivity index (χ0) is 14.6. The number of aliphatic hydroxyl groups is 1. The van der Waals surface area contributed by atoms with Gasteiger partial charge in [0.1, 0.15) is 0 Å². The zero-order valence-electron chi connectivity index (χ0n) is 11.7. The van der Waals surface area contributed by atoms with Gasteiger partial charge >= 0.3 is 0 Å². The fourth-order valence-corrected chi connectivity index (χ4v) is 2.55. The summed E-state index contributed by atoms with van der Waals surface area (Å²) in [6, 6.07) is 1.76. The van der Waals surface area contributed by atoms with Crippen molar-refractivity contribution in [1.29, 1.82) is 0 Å². The van der Waals surface area contributed by atoms with Crippen LogP contribution in [0.5, 0.6) is 0 Å². The van der Waals surface area contributed by atoms with Crippen LogP contribution in [-0.4, -0.2) is 64.7 Å². The molecule has 0 radical (unpaired) electrons. The van der Waals surface area contributed by atoms with Crippen molar-refractivity contribution < 1.29 is 9.90 Å². The second-order valence-corrected chi connectivity index (χ2v) is 5.25. The van der Waals surface area contributed by atoms with Crippen molar-refractivity contribution in [3.63, 3.8) is 0 Å². The fraction of sp³-hybridized carbons (Fsp3) is 0.615. The Labute approximate surface area is 118 Å². The van der Waals surface area contributed by atoms with Gasteiger partial charge < -0.3 is 20.6 Å². The Bertz CT molecular complexity index is 455. The lowest BCUT2D eigenvalue weighted by molar-refractivity contribution is -0.132. The van der Waals surface area contributed by atoms with Gasteiger partial charge in [-0.3, -0.25) is 4.79 Å². The fourth-order valence-electron chi connectivity index (χ4n) is 2.55.